The molecule has 27 heavy (non-hydrogen) atoms. The third kappa shape index (κ3) is 7.46. The second kappa shape index (κ2) is 8.96. The summed E-state index contributed by atoms with van der Waals surface area (Å²) in [6, 6.07) is 8.44. The van der Waals surface area contributed by atoms with Crippen molar-refractivity contribution in [2.75, 3.05) is 26.2 Å². The molecule has 0 aromatic heterocycles. The number of nitrogens with one attached hydrogen (secondary N) is 1. The van der Waals surface area contributed by atoms with Crippen LogP contribution in [0.3, 0.4) is 0 Å². The first-order chi connectivity index (χ1) is 12.4. The van der Waals surface area contributed by atoms with Gasteiger partial charge in [0.1, 0.15) is 25.0 Å². The van der Waals surface area contributed by atoms with Crippen LogP contribution < -0.4 is 9.64 Å². The molecule has 0 amide bonds. The van der Waals surface area contributed by atoms with E-state index in [1.165, 1.54) is 30.0 Å². The van der Waals surface area contributed by atoms with E-state index in [4.69, 9.17) is 4.74 Å². The van der Waals surface area contributed by atoms with E-state index in [0.29, 0.717) is 12.0 Å². The molecule has 1 aliphatic rings. The Balaban J connectivity index is 1.84. The predicted octanol–water partition coefficient (Wildman–Crippen LogP) is 3.70. The van der Waals surface area contributed by atoms with Gasteiger partial charge in [0, 0.05) is 11.8 Å². The average molecular weight is 377 g/mol. The first-order valence-corrected chi connectivity index (χ1v) is 10.7. The molecule has 1 fully saturated rings. The molecule has 0 radical (unpaired) electrons. The summed E-state index contributed by atoms with van der Waals surface area (Å²) in [5.41, 5.74) is 1.78. The minimum absolute atomic E-state index is 0.140. The third-order valence-electron chi connectivity index (χ3n) is 5.65. The lowest BCUT2D eigenvalue weighted by Crippen LogP contribution is -3.15. The molecule has 154 valence electrons. The van der Waals surface area contributed by atoms with Crippen molar-refractivity contribution in [2.24, 2.45) is 17.3 Å². The number of likely N-dealkylation sites (tertiary alicyclic amines) is 1. The van der Waals surface area contributed by atoms with E-state index >= 15 is 0 Å². The number of piperidine rings is 1. The Labute approximate surface area is 167 Å². The monoisotopic (exact) mass is 376 g/mol. The van der Waals surface area contributed by atoms with Crippen molar-refractivity contribution in [3.05, 3.63) is 29.8 Å². The Morgan fingerprint density at radius 1 is 1.04 bits per heavy atom. The second-order valence-electron chi connectivity index (χ2n) is 10.9. The van der Waals surface area contributed by atoms with E-state index in [-0.39, 0.29) is 5.41 Å². The molecule has 0 spiro atoms. The van der Waals surface area contributed by atoms with Gasteiger partial charge in [-0.1, -0.05) is 60.6 Å². The number of aliphatic hydroxyl groups is 1. The molecule has 3 atom stereocenters. The van der Waals surface area contributed by atoms with Crippen LogP contribution in [0, 0.1) is 17.3 Å². The summed E-state index contributed by atoms with van der Waals surface area (Å²) in [7, 11) is 0. The maximum absolute atomic E-state index is 10.4. The largest absolute Gasteiger partial charge is 0.491 e. The van der Waals surface area contributed by atoms with Gasteiger partial charge in [0.2, 0.25) is 0 Å². The molecular weight excluding hydrogens is 334 g/mol. The van der Waals surface area contributed by atoms with Crippen LogP contribution in [0.4, 0.5) is 0 Å². The van der Waals surface area contributed by atoms with Crippen LogP contribution in [-0.2, 0) is 5.41 Å². The van der Waals surface area contributed by atoms with Crippen LogP contribution >= 0.6 is 0 Å². The van der Waals surface area contributed by atoms with Crippen molar-refractivity contribution in [3.8, 4) is 5.75 Å². The van der Waals surface area contributed by atoms with Crippen molar-refractivity contribution in [3.63, 3.8) is 0 Å². The van der Waals surface area contributed by atoms with E-state index in [0.717, 1.165) is 30.6 Å². The van der Waals surface area contributed by atoms with Crippen LogP contribution in [0.5, 0.6) is 5.75 Å². The van der Waals surface area contributed by atoms with Crippen LogP contribution in [0.2, 0.25) is 0 Å². The van der Waals surface area contributed by atoms with Gasteiger partial charge in [-0.25, -0.2) is 0 Å². The maximum atomic E-state index is 10.4. The van der Waals surface area contributed by atoms with Crippen LogP contribution in [-0.4, -0.2) is 37.5 Å². The highest BCUT2D eigenvalue weighted by Gasteiger charge is 2.28. The zero-order chi connectivity index (χ0) is 20.2. The van der Waals surface area contributed by atoms with Crippen molar-refractivity contribution < 1.29 is 14.7 Å². The Morgan fingerprint density at radius 2 is 1.59 bits per heavy atom. The number of aliphatic hydroxyl groups excluding tert-OH is 1. The molecule has 0 unspecified atom stereocenters. The minimum Gasteiger partial charge on any atom is -0.491 e. The van der Waals surface area contributed by atoms with Gasteiger partial charge < -0.3 is 14.7 Å². The van der Waals surface area contributed by atoms with E-state index in [9.17, 15) is 5.11 Å². The Kier molecular flexibility index (Phi) is 7.38. The summed E-state index contributed by atoms with van der Waals surface area (Å²) < 4.78 is 5.87. The van der Waals surface area contributed by atoms with Crippen LogP contribution in [0.1, 0.15) is 66.9 Å². The molecule has 1 aliphatic heterocycles. The van der Waals surface area contributed by atoms with E-state index in [2.05, 4.69) is 60.6 Å². The SMILES string of the molecule is C[C@@H]1C[C@@H](C)C[NH+](C[C@H](O)COc2ccc(C(C)(C)CC(C)(C)C)cc2)C1. The van der Waals surface area contributed by atoms with Gasteiger partial charge in [-0.2, -0.15) is 0 Å². The molecule has 0 aliphatic carbocycles. The number of ether oxygens (including phenoxy) is 1. The Morgan fingerprint density at radius 3 is 2.11 bits per heavy atom. The van der Waals surface area contributed by atoms with Crippen molar-refractivity contribution in [1.82, 2.24) is 0 Å². The smallest absolute Gasteiger partial charge is 0.137 e. The van der Waals surface area contributed by atoms with Gasteiger partial charge >= 0.3 is 0 Å². The van der Waals surface area contributed by atoms with Gasteiger partial charge in [-0.3, -0.25) is 0 Å². The summed E-state index contributed by atoms with van der Waals surface area (Å²) in [5.74, 6) is 2.35. The first kappa shape index (κ1) is 22.2. The highest BCUT2D eigenvalue weighted by atomic mass is 16.5. The molecule has 1 heterocycles. The normalized spacial score (nSPS) is 25.3. The fraction of sp³-hybridized carbons (Fsp3) is 0.750. The molecule has 3 nitrogen and oxygen atoms in total. The first-order valence-electron chi connectivity index (χ1n) is 10.7. The van der Waals surface area contributed by atoms with Gasteiger partial charge in [0.25, 0.3) is 0 Å². The predicted molar refractivity (Wildman–Crippen MR) is 114 cm³/mol. The van der Waals surface area contributed by atoms with Crippen molar-refractivity contribution in [1.29, 1.82) is 0 Å². The number of rotatable bonds is 7. The highest BCUT2D eigenvalue weighted by molar-refractivity contribution is 5.31. The van der Waals surface area contributed by atoms with E-state index in [1.54, 1.807) is 0 Å². The molecule has 2 N–H and O–H groups in total. The van der Waals surface area contributed by atoms with Gasteiger partial charge in [0.05, 0.1) is 13.1 Å². The number of hydrogen-bond acceptors (Lipinski definition) is 2. The quantitative estimate of drug-likeness (QED) is 0.761. The number of hydrogen-bond donors (Lipinski definition) is 2. The standard InChI is InChI=1S/C24H41NO2/c1-18-12-19(2)14-25(13-18)15-21(26)16-27-22-10-8-20(9-11-22)24(6,7)17-23(3,4)5/h8-11,18-19,21,26H,12-17H2,1-7H3/p+1/t18-,19-,21+/m1/s1. The molecule has 1 aromatic carbocycles. The van der Waals surface area contributed by atoms with Crippen LogP contribution in [0.25, 0.3) is 0 Å². The van der Waals surface area contributed by atoms with E-state index < -0.39 is 6.10 Å². The Bertz CT molecular complexity index is 563. The summed E-state index contributed by atoms with van der Waals surface area (Å²) in [5, 5.41) is 10.4. The van der Waals surface area contributed by atoms with Gasteiger partial charge in [-0.05, 0) is 41.4 Å². The van der Waals surface area contributed by atoms with Crippen molar-refractivity contribution >= 4 is 0 Å². The lowest BCUT2D eigenvalue weighted by atomic mass is 9.72. The summed E-state index contributed by atoms with van der Waals surface area (Å²) in [6.45, 7) is 19.6. The van der Waals surface area contributed by atoms with E-state index in [1.807, 2.05) is 12.1 Å². The summed E-state index contributed by atoms with van der Waals surface area (Å²) >= 11 is 0. The van der Waals surface area contributed by atoms with Crippen molar-refractivity contribution in [2.45, 2.75) is 72.8 Å². The average Bonchev–Trinajstić information content (AvgIpc) is 2.50. The second-order valence-corrected chi connectivity index (χ2v) is 10.9. The summed E-state index contributed by atoms with van der Waals surface area (Å²) in [4.78, 5) is 1.51. The van der Waals surface area contributed by atoms with Gasteiger partial charge in [0.15, 0.2) is 0 Å². The topological polar surface area (TPSA) is 33.9 Å². The fourth-order valence-electron chi connectivity index (χ4n) is 5.10. The zero-order valence-corrected chi connectivity index (χ0v) is 18.6. The number of quaternary nitrogens is 1. The molecule has 3 heteroatoms. The fourth-order valence-corrected chi connectivity index (χ4v) is 5.10. The number of benzene rings is 1. The highest BCUT2D eigenvalue weighted by Crippen LogP contribution is 2.36. The molecule has 1 saturated heterocycles. The molecule has 1 aromatic rings. The minimum atomic E-state index is -0.408. The zero-order valence-electron chi connectivity index (χ0n) is 18.6. The lowest BCUT2D eigenvalue weighted by Gasteiger charge is -2.33. The maximum Gasteiger partial charge on any atom is 0.137 e. The molecular formula is C24H42NO2+. The summed E-state index contributed by atoms with van der Waals surface area (Å²) in [6.07, 6.45) is 2.04. The molecule has 0 saturated carbocycles. The lowest BCUT2D eigenvalue weighted by molar-refractivity contribution is -0.915. The van der Waals surface area contributed by atoms with Crippen LogP contribution in [0.15, 0.2) is 24.3 Å². The van der Waals surface area contributed by atoms with Gasteiger partial charge in [-0.15, -0.1) is 0 Å². The third-order valence-corrected chi connectivity index (χ3v) is 5.65. The molecule has 2 rings (SSSR count). The molecule has 0 bridgehead atoms. The Hall–Kier alpha value is -1.06.